The number of urea groups is 1. The summed E-state index contributed by atoms with van der Waals surface area (Å²) in [5.74, 6) is -0.0843. The molecule has 1 rings (SSSR count). The van der Waals surface area contributed by atoms with Crippen molar-refractivity contribution < 1.29 is 19.1 Å². The molecule has 0 spiro atoms. The molecular formula is C14H18N2O4. The number of imide groups is 1. The summed E-state index contributed by atoms with van der Waals surface area (Å²) in [6.07, 6.45) is -0.825. The fraction of sp³-hybridized carbons (Fsp3) is 0.357. The average Bonchev–Trinajstić information content (AvgIpc) is 2.40. The third-order valence-corrected chi connectivity index (χ3v) is 2.72. The van der Waals surface area contributed by atoms with Gasteiger partial charge in [0.15, 0.2) is 11.9 Å². The molecule has 0 aromatic heterocycles. The highest BCUT2D eigenvalue weighted by molar-refractivity contribution is 5.96. The largest absolute Gasteiger partial charge is 0.481 e. The highest BCUT2D eigenvalue weighted by atomic mass is 16.5. The summed E-state index contributed by atoms with van der Waals surface area (Å²) in [5.41, 5.74) is 1.33. The zero-order valence-corrected chi connectivity index (χ0v) is 11.9. The molecule has 0 saturated heterocycles. The molecule has 0 aliphatic rings. The number of aryl methyl sites for hydroxylation is 1. The topological polar surface area (TPSA) is 84.5 Å². The van der Waals surface area contributed by atoms with Crippen LogP contribution in [0.1, 0.15) is 29.8 Å². The summed E-state index contributed by atoms with van der Waals surface area (Å²) in [7, 11) is 1.42. The van der Waals surface area contributed by atoms with E-state index in [1.54, 1.807) is 25.1 Å². The zero-order chi connectivity index (χ0) is 15.3. The maximum absolute atomic E-state index is 11.7. The highest BCUT2D eigenvalue weighted by Gasteiger charge is 2.17. The van der Waals surface area contributed by atoms with Crippen LogP contribution in [-0.2, 0) is 4.79 Å². The summed E-state index contributed by atoms with van der Waals surface area (Å²) >= 11 is 0. The van der Waals surface area contributed by atoms with E-state index in [1.165, 1.54) is 20.9 Å². The van der Waals surface area contributed by atoms with E-state index < -0.39 is 18.0 Å². The molecule has 1 unspecified atom stereocenters. The molecule has 0 aliphatic carbocycles. The lowest BCUT2D eigenvalue weighted by Crippen LogP contribution is -2.44. The standard InChI is InChI=1S/C14H18N2O4/c1-8-7-11(9(2)17)5-6-12(8)20-10(3)13(18)16-14(19)15-4/h5-7,10H,1-4H3,(H2,15,16,18,19). The first-order valence-electron chi connectivity index (χ1n) is 6.16. The van der Waals surface area contributed by atoms with Gasteiger partial charge in [0.1, 0.15) is 5.75 Å². The van der Waals surface area contributed by atoms with Gasteiger partial charge in [-0.1, -0.05) is 0 Å². The molecular weight excluding hydrogens is 260 g/mol. The first-order chi connectivity index (χ1) is 9.35. The average molecular weight is 278 g/mol. The molecule has 20 heavy (non-hydrogen) atoms. The van der Waals surface area contributed by atoms with Crippen LogP contribution in [-0.4, -0.2) is 30.9 Å². The van der Waals surface area contributed by atoms with E-state index in [4.69, 9.17) is 4.74 Å². The van der Waals surface area contributed by atoms with Crippen LogP contribution < -0.4 is 15.4 Å². The van der Waals surface area contributed by atoms with E-state index in [2.05, 4.69) is 10.6 Å². The number of ether oxygens (including phenoxy) is 1. The van der Waals surface area contributed by atoms with Crippen LogP contribution in [0.5, 0.6) is 5.75 Å². The van der Waals surface area contributed by atoms with Crippen LogP contribution in [0.25, 0.3) is 0 Å². The lowest BCUT2D eigenvalue weighted by molar-refractivity contribution is -0.126. The van der Waals surface area contributed by atoms with Gasteiger partial charge in [0.05, 0.1) is 0 Å². The monoisotopic (exact) mass is 278 g/mol. The predicted octanol–water partition coefficient (Wildman–Crippen LogP) is 1.42. The Bertz CT molecular complexity index is 540. The molecule has 0 aliphatic heterocycles. The Morgan fingerprint density at radius 1 is 1.25 bits per heavy atom. The first kappa shape index (κ1) is 15.7. The van der Waals surface area contributed by atoms with E-state index in [0.29, 0.717) is 11.3 Å². The van der Waals surface area contributed by atoms with E-state index in [-0.39, 0.29) is 5.78 Å². The Labute approximate surface area is 117 Å². The lowest BCUT2D eigenvalue weighted by atomic mass is 10.1. The molecule has 6 heteroatoms. The fourth-order valence-electron chi connectivity index (χ4n) is 1.52. The predicted molar refractivity (Wildman–Crippen MR) is 73.9 cm³/mol. The Morgan fingerprint density at radius 3 is 2.40 bits per heavy atom. The van der Waals surface area contributed by atoms with Crippen molar-refractivity contribution in [3.05, 3.63) is 29.3 Å². The summed E-state index contributed by atoms with van der Waals surface area (Å²) in [6.45, 7) is 4.80. The Kier molecular flexibility index (Phi) is 5.25. The molecule has 3 amide bonds. The quantitative estimate of drug-likeness (QED) is 0.816. The van der Waals surface area contributed by atoms with Crippen LogP contribution in [0.2, 0.25) is 0 Å². The molecule has 0 radical (unpaired) electrons. The minimum Gasteiger partial charge on any atom is -0.481 e. The highest BCUT2D eigenvalue weighted by Crippen LogP contribution is 2.20. The van der Waals surface area contributed by atoms with Gasteiger partial charge in [-0.05, 0) is 44.5 Å². The number of amides is 3. The van der Waals surface area contributed by atoms with Crippen molar-refractivity contribution in [2.24, 2.45) is 0 Å². The van der Waals surface area contributed by atoms with Gasteiger partial charge in [0, 0.05) is 12.6 Å². The van der Waals surface area contributed by atoms with Crippen LogP contribution >= 0.6 is 0 Å². The minimum absolute atomic E-state index is 0.0370. The maximum Gasteiger partial charge on any atom is 0.321 e. The van der Waals surface area contributed by atoms with Gasteiger partial charge in [-0.3, -0.25) is 14.9 Å². The van der Waals surface area contributed by atoms with E-state index in [0.717, 1.165) is 5.56 Å². The summed E-state index contributed by atoms with van der Waals surface area (Å²) in [6, 6.07) is 4.37. The van der Waals surface area contributed by atoms with E-state index in [9.17, 15) is 14.4 Å². The molecule has 2 N–H and O–H groups in total. The van der Waals surface area contributed by atoms with Crippen LogP contribution in [0.15, 0.2) is 18.2 Å². The van der Waals surface area contributed by atoms with Gasteiger partial charge >= 0.3 is 6.03 Å². The molecule has 1 aromatic rings. The van der Waals surface area contributed by atoms with Gasteiger partial charge in [-0.15, -0.1) is 0 Å². The number of Topliss-reactive ketones (excluding diaryl/α,β-unsaturated/α-hetero) is 1. The number of hydrogen-bond donors (Lipinski definition) is 2. The Balaban J connectivity index is 2.75. The van der Waals surface area contributed by atoms with Crippen LogP contribution in [0.4, 0.5) is 4.79 Å². The minimum atomic E-state index is -0.825. The summed E-state index contributed by atoms with van der Waals surface area (Å²) in [5, 5.41) is 4.41. The smallest absolute Gasteiger partial charge is 0.321 e. The molecule has 1 atom stereocenters. The third-order valence-electron chi connectivity index (χ3n) is 2.72. The SMILES string of the molecule is CNC(=O)NC(=O)C(C)Oc1ccc(C(C)=O)cc1C. The van der Waals surface area contributed by atoms with E-state index >= 15 is 0 Å². The number of carbonyl (C=O) groups excluding carboxylic acids is 3. The van der Waals surface area contributed by atoms with Gasteiger partial charge in [0.25, 0.3) is 5.91 Å². The number of rotatable bonds is 4. The number of carbonyl (C=O) groups is 3. The first-order valence-corrected chi connectivity index (χ1v) is 6.16. The summed E-state index contributed by atoms with van der Waals surface area (Å²) in [4.78, 5) is 33.9. The third kappa shape index (κ3) is 4.08. The van der Waals surface area contributed by atoms with Crippen LogP contribution in [0.3, 0.4) is 0 Å². The Hall–Kier alpha value is -2.37. The van der Waals surface area contributed by atoms with Gasteiger partial charge in [0.2, 0.25) is 0 Å². The molecule has 1 aromatic carbocycles. The second kappa shape index (κ2) is 6.70. The molecule has 0 bridgehead atoms. The molecule has 0 saturated carbocycles. The molecule has 0 heterocycles. The maximum atomic E-state index is 11.7. The molecule has 6 nitrogen and oxygen atoms in total. The normalized spacial score (nSPS) is 11.4. The second-order valence-corrected chi connectivity index (χ2v) is 4.36. The van der Waals surface area contributed by atoms with Crippen molar-refractivity contribution in [2.75, 3.05) is 7.05 Å². The number of benzene rings is 1. The van der Waals surface area contributed by atoms with Crippen molar-refractivity contribution in [1.82, 2.24) is 10.6 Å². The van der Waals surface area contributed by atoms with Gasteiger partial charge < -0.3 is 10.1 Å². The lowest BCUT2D eigenvalue weighted by Gasteiger charge is -2.16. The van der Waals surface area contributed by atoms with E-state index in [1.807, 2.05) is 0 Å². The fourth-order valence-corrected chi connectivity index (χ4v) is 1.52. The van der Waals surface area contributed by atoms with Crippen molar-refractivity contribution >= 4 is 17.7 Å². The van der Waals surface area contributed by atoms with Crippen LogP contribution in [0, 0.1) is 6.92 Å². The zero-order valence-electron chi connectivity index (χ0n) is 11.9. The van der Waals surface area contributed by atoms with Gasteiger partial charge in [-0.25, -0.2) is 4.79 Å². The summed E-state index contributed by atoms with van der Waals surface area (Å²) < 4.78 is 5.48. The van der Waals surface area contributed by atoms with Crippen molar-refractivity contribution in [2.45, 2.75) is 26.9 Å². The van der Waals surface area contributed by atoms with Crippen molar-refractivity contribution in [3.63, 3.8) is 0 Å². The Morgan fingerprint density at radius 2 is 1.90 bits per heavy atom. The van der Waals surface area contributed by atoms with Crippen molar-refractivity contribution in [1.29, 1.82) is 0 Å². The number of nitrogens with one attached hydrogen (secondary N) is 2. The van der Waals surface area contributed by atoms with Gasteiger partial charge in [-0.2, -0.15) is 0 Å². The second-order valence-electron chi connectivity index (χ2n) is 4.36. The van der Waals surface area contributed by atoms with Crippen molar-refractivity contribution in [3.8, 4) is 5.75 Å². The number of ketones is 1. The number of hydrogen-bond acceptors (Lipinski definition) is 4. The molecule has 108 valence electrons. The molecule has 0 fully saturated rings.